The van der Waals surface area contributed by atoms with Crippen LogP contribution in [-0.2, 0) is 4.79 Å². The number of nitrogens with one attached hydrogen (secondary N) is 2. The molecule has 3 nitrogen and oxygen atoms in total. The Morgan fingerprint density at radius 2 is 2.06 bits per heavy atom. The summed E-state index contributed by atoms with van der Waals surface area (Å²) >= 11 is 0. The smallest absolute Gasteiger partial charge is 0.239 e. The lowest BCUT2D eigenvalue weighted by molar-refractivity contribution is -0.120. The van der Waals surface area contributed by atoms with Crippen molar-refractivity contribution in [3.63, 3.8) is 0 Å². The topological polar surface area (TPSA) is 41.1 Å². The summed E-state index contributed by atoms with van der Waals surface area (Å²) in [5.41, 5.74) is 0.0792. The predicted molar refractivity (Wildman–Crippen MR) is 67.5 cm³/mol. The van der Waals surface area contributed by atoms with E-state index >= 15 is 0 Å². The van der Waals surface area contributed by atoms with Crippen LogP contribution in [0, 0.1) is 18.6 Å². The van der Waals surface area contributed by atoms with Crippen molar-refractivity contribution in [1.29, 1.82) is 0 Å². The molecule has 0 aliphatic heterocycles. The van der Waals surface area contributed by atoms with E-state index in [9.17, 15) is 13.6 Å². The lowest BCUT2D eigenvalue weighted by Crippen LogP contribution is -2.36. The summed E-state index contributed by atoms with van der Waals surface area (Å²) in [5, 5.41) is 5.20. The average Bonchev–Trinajstić information content (AvgIpc) is 2.34. The highest BCUT2D eigenvalue weighted by Crippen LogP contribution is 2.21. The molecule has 0 aliphatic rings. The SMILES string of the molecule is CCC(C)NC(=O)CNc1c(F)ccc(C)c1F. The fourth-order valence-electron chi connectivity index (χ4n) is 1.42. The van der Waals surface area contributed by atoms with Crippen molar-refractivity contribution in [2.45, 2.75) is 33.2 Å². The number of carbonyl (C=O) groups excluding carboxylic acids is 1. The third-order valence-corrected chi connectivity index (χ3v) is 2.73. The highest BCUT2D eigenvalue weighted by atomic mass is 19.1. The van der Waals surface area contributed by atoms with E-state index in [4.69, 9.17) is 0 Å². The minimum atomic E-state index is -0.700. The normalized spacial score (nSPS) is 12.1. The summed E-state index contributed by atoms with van der Waals surface area (Å²) in [5.74, 6) is -1.65. The van der Waals surface area contributed by atoms with Crippen LogP contribution in [0.1, 0.15) is 25.8 Å². The molecule has 0 aliphatic carbocycles. The van der Waals surface area contributed by atoms with Crippen molar-refractivity contribution in [3.8, 4) is 0 Å². The minimum Gasteiger partial charge on any atom is -0.371 e. The Bertz CT molecular complexity index is 435. The molecule has 100 valence electrons. The van der Waals surface area contributed by atoms with Crippen molar-refractivity contribution < 1.29 is 13.6 Å². The zero-order valence-electron chi connectivity index (χ0n) is 10.8. The van der Waals surface area contributed by atoms with E-state index in [1.54, 1.807) is 6.92 Å². The largest absolute Gasteiger partial charge is 0.371 e. The third kappa shape index (κ3) is 3.68. The van der Waals surface area contributed by atoms with Crippen LogP contribution in [0.25, 0.3) is 0 Å². The fourth-order valence-corrected chi connectivity index (χ4v) is 1.42. The number of rotatable bonds is 5. The molecule has 0 bridgehead atoms. The number of benzene rings is 1. The molecule has 0 saturated heterocycles. The van der Waals surface area contributed by atoms with E-state index in [1.165, 1.54) is 12.1 Å². The molecule has 1 unspecified atom stereocenters. The van der Waals surface area contributed by atoms with Crippen molar-refractivity contribution in [2.75, 3.05) is 11.9 Å². The fraction of sp³-hybridized carbons (Fsp3) is 0.462. The molecule has 1 aromatic carbocycles. The van der Waals surface area contributed by atoms with Crippen LogP contribution in [0.15, 0.2) is 12.1 Å². The Morgan fingerprint density at radius 3 is 2.67 bits per heavy atom. The van der Waals surface area contributed by atoms with E-state index in [2.05, 4.69) is 10.6 Å². The Balaban J connectivity index is 2.64. The van der Waals surface area contributed by atoms with Gasteiger partial charge in [0.25, 0.3) is 0 Å². The van der Waals surface area contributed by atoms with Gasteiger partial charge in [0, 0.05) is 6.04 Å². The molecule has 0 saturated carbocycles. The zero-order chi connectivity index (χ0) is 13.7. The quantitative estimate of drug-likeness (QED) is 0.850. The highest BCUT2D eigenvalue weighted by molar-refractivity contribution is 5.81. The molecule has 0 aromatic heterocycles. The molecule has 18 heavy (non-hydrogen) atoms. The average molecular weight is 256 g/mol. The molecule has 5 heteroatoms. The van der Waals surface area contributed by atoms with Gasteiger partial charge >= 0.3 is 0 Å². The molecule has 1 rings (SSSR count). The number of hydrogen-bond acceptors (Lipinski definition) is 2. The van der Waals surface area contributed by atoms with E-state index in [-0.39, 0.29) is 24.2 Å². The molecular weight excluding hydrogens is 238 g/mol. The Hall–Kier alpha value is -1.65. The van der Waals surface area contributed by atoms with Gasteiger partial charge in [0.1, 0.15) is 11.5 Å². The molecule has 1 amide bonds. The molecule has 1 atom stereocenters. The third-order valence-electron chi connectivity index (χ3n) is 2.73. The van der Waals surface area contributed by atoms with Crippen LogP contribution in [-0.4, -0.2) is 18.5 Å². The first-order valence-corrected chi connectivity index (χ1v) is 5.93. The maximum Gasteiger partial charge on any atom is 0.239 e. The number of anilines is 1. The standard InChI is InChI=1S/C13H18F2N2O/c1-4-9(3)17-11(18)7-16-13-10(14)6-5-8(2)12(13)15/h5-6,9,16H,4,7H2,1-3H3,(H,17,18). The second-order valence-electron chi connectivity index (χ2n) is 4.28. The molecular formula is C13H18F2N2O. The van der Waals surface area contributed by atoms with Crippen molar-refractivity contribution in [3.05, 3.63) is 29.3 Å². The van der Waals surface area contributed by atoms with Crippen LogP contribution < -0.4 is 10.6 Å². The summed E-state index contributed by atoms with van der Waals surface area (Å²) in [6.45, 7) is 5.20. The van der Waals surface area contributed by atoms with E-state index in [0.717, 1.165) is 6.42 Å². The maximum absolute atomic E-state index is 13.6. The van der Waals surface area contributed by atoms with E-state index in [1.807, 2.05) is 13.8 Å². The number of hydrogen-bond donors (Lipinski definition) is 2. The van der Waals surface area contributed by atoms with E-state index < -0.39 is 11.6 Å². The van der Waals surface area contributed by atoms with Gasteiger partial charge in [-0.1, -0.05) is 13.0 Å². The monoisotopic (exact) mass is 256 g/mol. The molecule has 0 heterocycles. The van der Waals surface area contributed by atoms with Crippen LogP contribution >= 0.6 is 0 Å². The number of aryl methyl sites for hydroxylation is 1. The Labute approximate surface area is 106 Å². The summed E-state index contributed by atoms with van der Waals surface area (Å²) in [6, 6.07) is 2.58. The molecule has 0 radical (unpaired) electrons. The van der Waals surface area contributed by atoms with Crippen LogP contribution in [0.3, 0.4) is 0 Å². The second-order valence-corrected chi connectivity index (χ2v) is 4.28. The summed E-state index contributed by atoms with van der Waals surface area (Å²) in [4.78, 5) is 11.5. The molecule has 0 spiro atoms. The predicted octanol–water partition coefficient (Wildman–Crippen LogP) is 2.60. The first-order valence-electron chi connectivity index (χ1n) is 5.93. The summed E-state index contributed by atoms with van der Waals surface area (Å²) in [7, 11) is 0. The maximum atomic E-state index is 13.6. The van der Waals surface area contributed by atoms with Gasteiger partial charge in [-0.25, -0.2) is 8.78 Å². The number of amides is 1. The van der Waals surface area contributed by atoms with Crippen molar-refractivity contribution in [2.24, 2.45) is 0 Å². The van der Waals surface area contributed by atoms with Gasteiger partial charge in [0.15, 0.2) is 5.82 Å². The van der Waals surface area contributed by atoms with Crippen LogP contribution in [0.2, 0.25) is 0 Å². The molecule has 2 N–H and O–H groups in total. The van der Waals surface area contributed by atoms with Crippen molar-refractivity contribution in [1.82, 2.24) is 5.32 Å². The van der Waals surface area contributed by atoms with Crippen molar-refractivity contribution >= 4 is 11.6 Å². The Kier molecular flexibility index (Phi) is 5.07. The van der Waals surface area contributed by atoms with Gasteiger partial charge in [0.05, 0.1) is 6.54 Å². The van der Waals surface area contributed by atoms with Gasteiger partial charge in [-0.3, -0.25) is 4.79 Å². The van der Waals surface area contributed by atoms with Gasteiger partial charge in [-0.15, -0.1) is 0 Å². The van der Waals surface area contributed by atoms with Gasteiger partial charge < -0.3 is 10.6 Å². The summed E-state index contributed by atoms with van der Waals surface area (Å²) < 4.78 is 27.0. The lowest BCUT2D eigenvalue weighted by Gasteiger charge is -2.13. The minimum absolute atomic E-state index is 0.0477. The van der Waals surface area contributed by atoms with Crippen LogP contribution in [0.5, 0.6) is 0 Å². The zero-order valence-corrected chi connectivity index (χ0v) is 10.8. The number of halogens is 2. The highest BCUT2D eigenvalue weighted by Gasteiger charge is 2.12. The van der Waals surface area contributed by atoms with E-state index in [0.29, 0.717) is 5.56 Å². The first kappa shape index (κ1) is 14.4. The molecule has 0 fully saturated rings. The molecule has 1 aromatic rings. The lowest BCUT2D eigenvalue weighted by atomic mass is 10.2. The Morgan fingerprint density at radius 1 is 1.39 bits per heavy atom. The van der Waals surface area contributed by atoms with Gasteiger partial charge in [0.2, 0.25) is 5.91 Å². The van der Waals surface area contributed by atoms with Gasteiger partial charge in [-0.05, 0) is 31.9 Å². The van der Waals surface area contributed by atoms with Crippen LogP contribution in [0.4, 0.5) is 14.5 Å². The second kappa shape index (κ2) is 6.33. The summed E-state index contributed by atoms with van der Waals surface area (Å²) in [6.07, 6.45) is 0.804. The first-order chi connectivity index (χ1) is 8.45. The van der Waals surface area contributed by atoms with Gasteiger partial charge in [-0.2, -0.15) is 0 Å². The number of carbonyl (C=O) groups is 1.